The van der Waals surface area contributed by atoms with E-state index >= 15 is 0 Å². The molecule has 1 aliphatic rings. The molecule has 0 aromatic rings. The molecule has 0 bridgehead atoms. The van der Waals surface area contributed by atoms with Crippen LogP contribution in [-0.4, -0.2) is 24.8 Å². The van der Waals surface area contributed by atoms with Gasteiger partial charge in [-0.3, -0.25) is 0 Å². The monoisotopic (exact) mass is 180 g/mol. The molecule has 1 saturated heterocycles. The molecule has 1 rings (SSSR count). The Kier molecular flexibility index (Phi) is 2.80. The highest BCUT2D eigenvalue weighted by molar-refractivity contribution is 9.09. The highest BCUT2D eigenvalue weighted by Crippen LogP contribution is 2.10. The van der Waals surface area contributed by atoms with E-state index in [1.807, 2.05) is 0 Å². The summed E-state index contributed by atoms with van der Waals surface area (Å²) in [6.45, 7) is 1.61. The molecule has 1 heterocycles. The first-order valence-corrected chi connectivity index (χ1v) is 3.85. The molecule has 0 radical (unpaired) electrons. The van der Waals surface area contributed by atoms with Gasteiger partial charge in [0.1, 0.15) is 6.61 Å². The highest BCUT2D eigenvalue weighted by Gasteiger charge is 2.22. The lowest BCUT2D eigenvalue weighted by Crippen LogP contribution is -1.97. The van der Waals surface area contributed by atoms with Gasteiger partial charge in [0.2, 0.25) is 0 Å². The van der Waals surface area contributed by atoms with Crippen LogP contribution in [0.25, 0.3) is 0 Å². The number of halogens is 1. The van der Waals surface area contributed by atoms with Crippen LogP contribution < -0.4 is 0 Å². The van der Waals surface area contributed by atoms with E-state index in [4.69, 9.17) is 9.47 Å². The summed E-state index contributed by atoms with van der Waals surface area (Å²) >= 11 is 3.30. The van der Waals surface area contributed by atoms with Crippen LogP contribution in [0, 0.1) is 0 Å². The van der Waals surface area contributed by atoms with Gasteiger partial charge in [-0.05, 0) is 6.42 Å². The Bertz CT molecular complexity index is 63.4. The second kappa shape index (κ2) is 3.43. The first kappa shape index (κ1) is 6.52. The molecular weight excluding hydrogens is 172 g/mol. The molecule has 48 valence electrons. The van der Waals surface area contributed by atoms with Gasteiger partial charge in [0, 0.05) is 5.33 Å². The molecule has 0 amide bonds. The maximum Gasteiger partial charge on any atom is 0.181 e. The average Bonchev–Trinajstić information content (AvgIpc) is 2.51. The van der Waals surface area contributed by atoms with E-state index in [1.165, 1.54) is 0 Å². The van der Waals surface area contributed by atoms with Crippen molar-refractivity contribution in [3.05, 3.63) is 0 Å². The van der Waals surface area contributed by atoms with Crippen LogP contribution in [0.2, 0.25) is 0 Å². The largest absolute Gasteiger partial charge is 0.350 e. The van der Waals surface area contributed by atoms with Crippen molar-refractivity contribution >= 4 is 15.9 Å². The maximum absolute atomic E-state index is 5.14. The summed E-state index contributed by atoms with van der Waals surface area (Å²) in [7, 11) is 0. The second-order valence-corrected chi connectivity index (χ2v) is 2.47. The van der Waals surface area contributed by atoms with Crippen molar-refractivity contribution in [1.29, 1.82) is 0 Å². The Morgan fingerprint density at radius 1 is 1.75 bits per heavy atom. The maximum atomic E-state index is 5.14. The normalized spacial score (nSPS) is 25.9. The minimum Gasteiger partial charge on any atom is -0.350 e. The predicted octanol–water partition coefficient (Wildman–Crippen LogP) is 1.14. The Balaban J connectivity index is 1.74. The van der Waals surface area contributed by atoms with Gasteiger partial charge in [0.25, 0.3) is 0 Å². The van der Waals surface area contributed by atoms with Gasteiger partial charge in [-0.25, -0.2) is 0 Å². The third-order valence-electron chi connectivity index (χ3n) is 0.884. The number of hydrogen-bond donors (Lipinski definition) is 0. The predicted molar refractivity (Wildman–Crippen MR) is 34.1 cm³/mol. The van der Waals surface area contributed by atoms with Crippen molar-refractivity contribution in [2.24, 2.45) is 0 Å². The summed E-state index contributed by atoms with van der Waals surface area (Å²) in [4.78, 5) is 0. The summed E-state index contributed by atoms with van der Waals surface area (Å²) in [6.07, 6.45) is 1.20. The van der Waals surface area contributed by atoms with Gasteiger partial charge in [-0.1, -0.05) is 15.9 Å². The summed E-state index contributed by atoms with van der Waals surface area (Å²) in [6, 6.07) is 0. The van der Waals surface area contributed by atoms with Crippen molar-refractivity contribution in [3.8, 4) is 0 Å². The van der Waals surface area contributed by atoms with E-state index in [0.29, 0.717) is 0 Å². The lowest BCUT2D eigenvalue weighted by molar-refractivity contribution is 0.0513. The number of hydrogen-bond acceptors (Lipinski definition) is 2. The fraction of sp³-hybridized carbons (Fsp3) is 1.00. The first-order chi connectivity index (χ1) is 3.93. The topological polar surface area (TPSA) is 21.8 Å². The molecule has 1 fully saturated rings. The molecule has 2 nitrogen and oxygen atoms in total. The third-order valence-corrected chi connectivity index (χ3v) is 1.45. The lowest BCUT2D eigenvalue weighted by atomic mass is 10.5. The molecule has 0 aliphatic carbocycles. The van der Waals surface area contributed by atoms with E-state index in [-0.39, 0.29) is 6.29 Å². The van der Waals surface area contributed by atoms with Crippen LogP contribution in [0.4, 0.5) is 0 Å². The molecule has 8 heavy (non-hydrogen) atoms. The van der Waals surface area contributed by atoms with Crippen LogP contribution in [0.1, 0.15) is 6.42 Å². The van der Waals surface area contributed by atoms with Gasteiger partial charge in [-0.2, -0.15) is 0 Å². The minimum absolute atomic E-state index is 0.133. The van der Waals surface area contributed by atoms with Gasteiger partial charge in [-0.15, -0.1) is 0 Å². The van der Waals surface area contributed by atoms with Gasteiger partial charge < -0.3 is 9.47 Å². The molecular formula is C5H9BrO2. The number of epoxide rings is 1. The van der Waals surface area contributed by atoms with E-state index in [0.717, 1.165) is 25.0 Å². The molecule has 0 aromatic carbocycles. The van der Waals surface area contributed by atoms with Crippen LogP contribution in [0.5, 0.6) is 0 Å². The van der Waals surface area contributed by atoms with E-state index in [9.17, 15) is 0 Å². The molecule has 1 unspecified atom stereocenters. The zero-order valence-electron chi connectivity index (χ0n) is 4.60. The van der Waals surface area contributed by atoms with Crippen molar-refractivity contribution in [2.45, 2.75) is 12.7 Å². The van der Waals surface area contributed by atoms with E-state index in [2.05, 4.69) is 15.9 Å². The van der Waals surface area contributed by atoms with Gasteiger partial charge in [0.05, 0.1) is 6.61 Å². The van der Waals surface area contributed by atoms with E-state index in [1.54, 1.807) is 0 Å². The summed E-state index contributed by atoms with van der Waals surface area (Å²) in [5.74, 6) is 0. The van der Waals surface area contributed by atoms with E-state index < -0.39 is 0 Å². The standard InChI is InChI=1S/C5H9BrO2/c6-2-1-3-7-5-4-8-5/h5H,1-4H2. The fourth-order valence-corrected chi connectivity index (χ4v) is 0.634. The zero-order valence-corrected chi connectivity index (χ0v) is 6.19. The van der Waals surface area contributed by atoms with Crippen molar-refractivity contribution in [3.63, 3.8) is 0 Å². The number of ether oxygens (including phenoxy) is 2. The summed E-state index contributed by atoms with van der Waals surface area (Å²) in [5, 5.41) is 1.01. The first-order valence-electron chi connectivity index (χ1n) is 2.72. The van der Waals surface area contributed by atoms with Crippen LogP contribution in [0.15, 0.2) is 0 Å². The zero-order chi connectivity index (χ0) is 5.82. The van der Waals surface area contributed by atoms with Crippen molar-refractivity contribution in [2.75, 3.05) is 18.5 Å². The lowest BCUT2D eigenvalue weighted by Gasteiger charge is -1.94. The Labute approximate surface area is 57.3 Å². The van der Waals surface area contributed by atoms with Crippen LogP contribution >= 0.6 is 15.9 Å². The molecule has 3 heteroatoms. The number of alkyl halides is 1. The molecule has 1 aliphatic heterocycles. The average molecular weight is 181 g/mol. The Morgan fingerprint density at radius 3 is 3.00 bits per heavy atom. The summed E-state index contributed by atoms with van der Waals surface area (Å²) in [5.41, 5.74) is 0. The Morgan fingerprint density at radius 2 is 2.50 bits per heavy atom. The third kappa shape index (κ3) is 2.64. The molecule has 1 atom stereocenters. The molecule has 0 spiro atoms. The van der Waals surface area contributed by atoms with Crippen molar-refractivity contribution < 1.29 is 9.47 Å². The SMILES string of the molecule is BrCCCOC1CO1. The fourth-order valence-electron chi connectivity index (χ4n) is 0.405. The highest BCUT2D eigenvalue weighted by atomic mass is 79.9. The minimum atomic E-state index is 0.133. The molecule has 0 aromatic heterocycles. The quantitative estimate of drug-likeness (QED) is 0.368. The smallest absolute Gasteiger partial charge is 0.181 e. The Hall–Kier alpha value is 0.400. The molecule has 0 saturated carbocycles. The summed E-state index contributed by atoms with van der Waals surface area (Å²) < 4.78 is 9.96. The van der Waals surface area contributed by atoms with Gasteiger partial charge >= 0.3 is 0 Å². The van der Waals surface area contributed by atoms with Gasteiger partial charge in [0.15, 0.2) is 6.29 Å². The van der Waals surface area contributed by atoms with Crippen molar-refractivity contribution in [1.82, 2.24) is 0 Å². The number of rotatable bonds is 4. The second-order valence-electron chi connectivity index (χ2n) is 1.68. The van der Waals surface area contributed by atoms with Crippen LogP contribution in [-0.2, 0) is 9.47 Å². The molecule has 0 N–H and O–H groups in total. The van der Waals surface area contributed by atoms with Crippen LogP contribution in [0.3, 0.4) is 0 Å².